The lowest BCUT2D eigenvalue weighted by molar-refractivity contribution is -0.121. The van der Waals surface area contributed by atoms with Gasteiger partial charge in [-0.25, -0.2) is 21.6 Å². The molecule has 21 heavy (non-hydrogen) atoms. The second-order valence-corrected chi connectivity index (χ2v) is 6.79. The molecule has 0 spiro atoms. The molecule has 1 aliphatic rings. The van der Waals surface area contributed by atoms with E-state index in [1.807, 2.05) is 0 Å². The normalized spacial score (nSPS) is 15.3. The molecule has 1 aromatic rings. The molecule has 1 fully saturated rings. The summed E-state index contributed by atoms with van der Waals surface area (Å²) in [5.41, 5.74) is 0. The van der Waals surface area contributed by atoms with Gasteiger partial charge in [-0.05, 0) is 25.0 Å². The highest BCUT2D eigenvalue weighted by Gasteiger charge is 2.30. The molecule has 5 nitrogen and oxygen atoms in total. The summed E-state index contributed by atoms with van der Waals surface area (Å²) in [6, 6.07) is 1.19. The summed E-state index contributed by atoms with van der Waals surface area (Å²) >= 11 is 0. The van der Waals surface area contributed by atoms with Gasteiger partial charge in [0, 0.05) is 13.1 Å². The summed E-state index contributed by atoms with van der Waals surface area (Å²) < 4.78 is 64.2. The Bertz CT molecular complexity index is 675. The quantitative estimate of drug-likeness (QED) is 0.823. The van der Waals surface area contributed by atoms with E-state index in [9.17, 15) is 26.4 Å². The Kier molecular flexibility index (Phi) is 4.24. The van der Waals surface area contributed by atoms with E-state index in [2.05, 4.69) is 5.32 Å². The van der Waals surface area contributed by atoms with Crippen LogP contribution in [0, 0.1) is 17.5 Å². The SMILES string of the molecule is CN(CC(=O)NC1CC1)S(=O)(=O)c1ccc(F)c(F)c1F. The number of nitrogens with one attached hydrogen (secondary N) is 1. The van der Waals surface area contributed by atoms with Crippen molar-refractivity contribution in [3.05, 3.63) is 29.6 Å². The summed E-state index contributed by atoms with van der Waals surface area (Å²) in [5, 5.41) is 2.57. The van der Waals surface area contributed by atoms with Gasteiger partial charge < -0.3 is 5.32 Å². The van der Waals surface area contributed by atoms with Crippen LogP contribution in [-0.2, 0) is 14.8 Å². The molecule has 1 N–H and O–H groups in total. The second kappa shape index (κ2) is 5.64. The number of rotatable bonds is 5. The molecule has 1 saturated carbocycles. The molecule has 1 amide bonds. The van der Waals surface area contributed by atoms with E-state index in [1.165, 1.54) is 0 Å². The molecule has 2 rings (SSSR count). The standard InChI is InChI=1S/C12H13F3N2O3S/c1-17(6-10(18)16-7-2-3-7)21(19,20)9-5-4-8(13)11(14)12(9)15/h4-5,7H,2-3,6H2,1H3,(H,16,18). The highest BCUT2D eigenvalue weighted by molar-refractivity contribution is 7.89. The van der Waals surface area contributed by atoms with E-state index in [-0.39, 0.29) is 6.04 Å². The number of benzene rings is 1. The zero-order valence-electron chi connectivity index (χ0n) is 11.1. The maximum Gasteiger partial charge on any atom is 0.246 e. The van der Waals surface area contributed by atoms with E-state index in [1.54, 1.807) is 0 Å². The smallest absolute Gasteiger partial charge is 0.246 e. The van der Waals surface area contributed by atoms with E-state index >= 15 is 0 Å². The molecule has 0 atom stereocenters. The van der Waals surface area contributed by atoms with Crippen LogP contribution in [0.25, 0.3) is 0 Å². The predicted molar refractivity (Wildman–Crippen MR) is 67.3 cm³/mol. The number of hydrogen-bond donors (Lipinski definition) is 1. The number of carbonyl (C=O) groups is 1. The van der Waals surface area contributed by atoms with Crippen molar-refractivity contribution in [3.63, 3.8) is 0 Å². The van der Waals surface area contributed by atoms with Gasteiger partial charge in [0.05, 0.1) is 6.54 Å². The maximum absolute atomic E-state index is 13.6. The number of carbonyl (C=O) groups excluding carboxylic acids is 1. The van der Waals surface area contributed by atoms with Crippen LogP contribution < -0.4 is 5.32 Å². The van der Waals surface area contributed by atoms with E-state index in [0.717, 1.165) is 19.9 Å². The Balaban J connectivity index is 2.20. The zero-order chi connectivity index (χ0) is 15.8. The number of sulfonamides is 1. The van der Waals surface area contributed by atoms with Crippen LogP contribution in [0.3, 0.4) is 0 Å². The monoisotopic (exact) mass is 322 g/mol. The first kappa shape index (κ1) is 15.8. The van der Waals surface area contributed by atoms with Crippen LogP contribution in [0.5, 0.6) is 0 Å². The van der Waals surface area contributed by atoms with Gasteiger partial charge >= 0.3 is 0 Å². The topological polar surface area (TPSA) is 66.5 Å². The molecule has 9 heteroatoms. The third-order valence-electron chi connectivity index (χ3n) is 3.00. The first-order chi connectivity index (χ1) is 9.73. The van der Waals surface area contributed by atoms with E-state index in [4.69, 9.17) is 0 Å². The van der Waals surface area contributed by atoms with Gasteiger partial charge in [-0.15, -0.1) is 0 Å². The van der Waals surface area contributed by atoms with Crippen molar-refractivity contribution in [2.24, 2.45) is 0 Å². The fourth-order valence-corrected chi connectivity index (χ4v) is 2.84. The fourth-order valence-electron chi connectivity index (χ4n) is 1.66. The summed E-state index contributed by atoms with van der Waals surface area (Å²) in [5.74, 6) is -5.69. The fraction of sp³-hybridized carbons (Fsp3) is 0.417. The maximum atomic E-state index is 13.6. The Morgan fingerprint density at radius 1 is 1.29 bits per heavy atom. The zero-order valence-corrected chi connectivity index (χ0v) is 11.9. The molecule has 1 aliphatic carbocycles. The summed E-state index contributed by atoms with van der Waals surface area (Å²) in [7, 11) is -3.37. The largest absolute Gasteiger partial charge is 0.352 e. The first-order valence-electron chi connectivity index (χ1n) is 6.12. The lowest BCUT2D eigenvalue weighted by atomic mass is 10.3. The summed E-state index contributed by atoms with van der Waals surface area (Å²) in [4.78, 5) is 10.5. The molecular weight excluding hydrogens is 309 g/mol. The van der Waals surface area contributed by atoms with Crippen molar-refractivity contribution >= 4 is 15.9 Å². The van der Waals surface area contributed by atoms with Gasteiger partial charge in [0.25, 0.3) is 0 Å². The number of nitrogens with zero attached hydrogens (tertiary/aromatic N) is 1. The molecule has 116 valence electrons. The third-order valence-corrected chi connectivity index (χ3v) is 4.82. The summed E-state index contributed by atoms with van der Waals surface area (Å²) in [6.07, 6.45) is 1.67. The van der Waals surface area contributed by atoms with Gasteiger partial charge in [-0.2, -0.15) is 4.31 Å². The van der Waals surface area contributed by atoms with Crippen molar-refractivity contribution in [2.75, 3.05) is 13.6 Å². The highest BCUT2D eigenvalue weighted by atomic mass is 32.2. The summed E-state index contributed by atoms with van der Waals surface area (Å²) in [6.45, 7) is -0.530. The first-order valence-corrected chi connectivity index (χ1v) is 7.56. The number of hydrogen-bond acceptors (Lipinski definition) is 3. The van der Waals surface area contributed by atoms with Crippen molar-refractivity contribution in [1.29, 1.82) is 0 Å². The molecular formula is C12H13F3N2O3S. The van der Waals surface area contributed by atoms with Crippen molar-refractivity contribution in [3.8, 4) is 0 Å². The van der Waals surface area contributed by atoms with Crippen LogP contribution in [-0.4, -0.2) is 38.3 Å². The molecule has 0 saturated heterocycles. The second-order valence-electron chi connectivity index (χ2n) is 4.78. The minimum Gasteiger partial charge on any atom is -0.352 e. The number of likely N-dealkylation sites (N-methyl/N-ethyl adjacent to an activating group) is 1. The average Bonchev–Trinajstić information content (AvgIpc) is 3.19. The Labute approximate surface area is 119 Å². The minimum atomic E-state index is -4.43. The van der Waals surface area contributed by atoms with Crippen molar-refractivity contribution in [2.45, 2.75) is 23.8 Å². The molecule has 0 radical (unpaired) electrons. The molecule has 0 unspecified atom stereocenters. The molecule has 0 bridgehead atoms. The van der Waals surface area contributed by atoms with Crippen molar-refractivity contribution < 1.29 is 26.4 Å². The van der Waals surface area contributed by atoms with Crippen LogP contribution in [0.1, 0.15) is 12.8 Å². The Morgan fingerprint density at radius 3 is 2.48 bits per heavy atom. The van der Waals surface area contributed by atoms with Gasteiger partial charge in [0.2, 0.25) is 15.9 Å². The highest BCUT2D eigenvalue weighted by Crippen LogP contribution is 2.22. The Morgan fingerprint density at radius 2 is 1.90 bits per heavy atom. The molecule has 1 aromatic carbocycles. The number of amides is 1. The van der Waals surface area contributed by atoms with Gasteiger partial charge in [-0.3, -0.25) is 4.79 Å². The van der Waals surface area contributed by atoms with Crippen LogP contribution >= 0.6 is 0 Å². The van der Waals surface area contributed by atoms with E-state index in [0.29, 0.717) is 16.4 Å². The lowest BCUT2D eigenvalue weighted by Crippen LogP contribution is -2.39. The minimum absolute atomic E-state index is 0.0496. The average molecular weight is 322 g/mol. The predicted octanol–water partition coefficient (Wildman–Crippen LogP) is 1.00. The Hall–Kier alpha value is -1.61. The number of halogens is 3. The molecule has 0 aliphatic heterocycles. The third kappa shape index (κ3) is 3.35. The van der Waals surface area contributed by atoms with Gasteiger partial charge in [0.15, 0.2) is 17.5 Å². The van der Waals surface area contributed by atoms with Crippen LogP contribution in [0.2, 0.25) is 0 Å². The molecule has 0 aromatic heterocycles. The molecule has 0 heterocycles. The van der Waals surface area contributed by atoms with Gasteiger partial charge in [0.1, 0.15) is 4.90 Å². The van der Waals surface area contributed by atoms with Crippen LogP contribution in [0.4, 0.5) is 13.2 Å². The lowest BCUT2D eigenvalue weighted by Gasteiger charge is -2.17. The van der Waals surface area contributed by atoms with Crippen molar-refractivity contribution in [1.82, 2.24) is 9.62 Å². The van der Waals surface area contributed by atoms with E-state index < -0.39 is 44.8 Å². The van der Waals surface area contributed by atoms with Gasteiger partial charge in [-0.1, -0.05) is 0 Å². The van der Waals surface area contributed by atoms with Crippen LogP contribution in [0.15, 0.2) is 17.0 Å².